The SMILES string of the molecule is COc1ncc(NC(=O)C(C)(C)C)c(OC)n1. The van der Waals surface area contributed by atoms with Gasteiger partial charge >= 0.3 is 6.01 Å². The maximum Gasteiger partial charge on any atom is 0.319 e. The largest absolute Gasteiger partial charge is 0.479 e. The topological polar surface area (TPSA) is 73.3 Å². The normalized spacial score (nSPS) is 10.9. The van der Waals surface area contributed by atoms with Crippen LogP contribution >= 0.6 is 0 Å². The lowest BCUT2D eigenvalue weighted by atomic mass is 9.96. The zero-order valence-corrected chi connectivity index (χ0v) is 10.7. The lowest BCUT2D eigenvalue weighted by molar-refractivity contribution is -0.123. The van der Waals surface area contributed by atoms with Gasteiger partial charge in [-0.3, -0.25) is 4.79 Å². The van der Waals surface area contributed by atoms with Gasteiger partial charge in [0.2, 0.25) is 11.8 Å². The Bertz CT molecular complexity index is 413. The molecule has 0 spiro atoms. The van der Waals surface area contributed by atoms with Crippen molar-refractivity contribution in [3.8, 4) is 11.9 Å². The molecule has 1 heterocycles. The number of amides is 1. The first kappa shape index (κ1) is 13.2. The van der Waals surface area contributed by atoms with E-state index in [1.165, 1.54) is 20.4 Å². The van der Waals surface area contributed by atoms with Crippen LogP contribution in [0.1, 0.15) is 20.8 Å². The molecule has 94 valence electrons. The van der Waals surface area contributed by atoms with Crippen LogP contribution in [-0.2, 0) is 4.79 Å². The number of carbonyl (C=O) groups is 1. The fourth-order valence-electron chi connectivity index (χ4n) is 1.00. The fraction of sp³-hybridized carbons (Fsp3) is 0.545. The molecule has 0 aliphatic heterocycles. The van der Waals surface area contributed by atoms with E-state index in [1.807, 2.05) is 20.8 Å². The van der Waals surface area contributed by atoms with Crippen LogP contribution in [0.2, 0.25) is 0 Å². The lowest BCUT2D eigenvalue weighted by Crippen LogP contribution is -2.28. The van der Waals surface area contributed by atoms with Gasteiger partial charge in [0.25, 0.3) is 0 Å². The van der Waals surface area contributed by atoms with Crippen molar-refractivity contribution in [2.75, 3.05) is 19.5 Å². The van der Waals surface area contributed by atoms with Crippen molar-refractivity contribution in [1.82, 2.24) is 9.97 Å². The minimum atomic E-state index is -0.495. The molecule has 1 aromatic rings. The predicted molar refractivity (Wildman–Crippen MR) is 63.2 cm³/mol. The summed E-state index contributed by atoms with van der Waals surface area (Å²) in [4.78, 5) is 19.7. The molecular weight excluding hydrogens is 222 g/mol. The van der Waals surface area contributed by atoms with E-state index in [2.05, 4.69) is 15.3 Å². The number of nitrogens with one attached hydrogen (secondary N) is 1. The van der Waals surface area contributed by atoms with Gasteiger partial charge in [0, 0.05) is 5.41 Å². The molecule has 1 rings (SSSR count). The number of methoxy groups -OCH3 is 2. The molecule has 0 saturated carbocycles. The van der Waals surface area contributed by atoms with E-state index in [0.29, 0.717) is 5.69 Å². The molecule has 0 aliphatic carbocycles. The van der Waals surface area contributed by atoms with Gasteiger partial charge in [0.15, 0.2) is 0 Å². The van der Waals surface area contributed by atoms with Crippen molar-refractivity contribution in [3.05, 3.63) is 6.20 Å². The highest BCUT2D eigenvalue weighted by atomic mass is 16.5. The van der Waals surface area contributed by atoms with E-state index in [-0.39, 0.29) is 17.8 Å². The van der Waals surface area contributed by atoms with Crippen LogP contribution in [-0.4, -0.2) is 30.1 Å². The summed E-state index contributed by atoms with van der Waals surface area (Å²) >= 11 is 0. The van der Waals surface area contributed by atoms with E-state index in [4.69, 9.17) is 9.47 Å². The Hall–Kier alpha value is -1.85. The number of anilines is 1. The second-order valence-electron chi connectivity index (χ2n) is 4.48. The van der Waals surface area contributed by atoms with Crippen molar-refractivity contribution < 1.29 is 14.3 Å². The minimum absolute atomic E-state index is 0.135. The molecule has 1 aromatic heterocycles. The first-order valence-electron chi connectivity index (χ1n) is 5.15. The maximum atomic E-state index is 11.8. The molecule has 0 bridgehead atoms. The molecule has 0 atom stereocenters. The molecular formula is C11H17N3O3. The highest BCUT2D eigenvalue weighted by Crippen LogP contribution is 2.25. The monoisotopic (exact) mass is 239 g/mol. The highest BCUT2D eigenvalue weighted by molar-refractivity contribution is 5.95. The first-order chi connectivity index (χ1) is 7.88. The summed E-state index contributed by atoms with van der Waals surface area (Å²) in [6, 6.07) is 0.190. The Morgan fingerprint density at radius 3 is 2.41 bits per heavy atom. The molecule has 0 aliphatic rings. The molecule has 6 heteroatoms. The number of carbonyl (C=O) groups excluding carboxylic acids is 1. The average Bonchev–Trinajstić information content (AvgIpc) is 2.28. The van der Waals surface area contributed by atoms with Crippen LogP contribution in [0.15, 0.2) is 6.20 Å². The zero-order chi connectivity index (χ0) is 13.1. The molecule has 17 heavy (non-hydrogen) atoms. The quantitative estimate of drug-likeness (QED) is 0.864. The molecule has 6 nitrogen and oxygen atoms in total. The highest BCUT2D eigenvalue weighted by Gasteiger charge is 2.23. The minimum Gasteiger partial charge on any atom is -0.479 e. The van der Waals surface area contributed by atoms with Crippen molar-refractivity contribution >= 4 is 11.6 Å². The van der Waals surface area contributed by atoms with Crippen LogP contribution in [0, 0.1) is 5.41 Å². The Labute approximate surface area is 100 Å². The standard InChI is InChI=1S/C11H17N3O3/c1-11(2,3)9(15)13-7-6-12-10(17-5)14-8(7)16-4/h6H,1-5H3,(H,13,15). The molecule has 0 radical (unpaired) electrons. The second-order valence-corrected chi connectivity index (χ2v) is 4.48. The van der Waals surface area contributed by atoms with E-state index in [9.17, 15) is 4.79 Å². The summed E-state index contributed by atoms with van der Waals surface area (Å²) in [7, 11) is 2.93. The zero-order valence-electron chi connectivity index (χ0n) is 10.7. The number of hydrogen-bond donors (Lipinski definition) is 1. The van der Waals surface area contributed by atoms with Crippen molar-refractivity contribution in [2.24, 2.45) is 5.41 Å². The Morgan fingerprint density at radius 2 is 1.94 bits per heavy atom. The smallest absolute Gasteiger partial charge is 0.319 e. The fourth-order valence-corrected chi connectivity index (χ4v) is 1.00. The van der Waals surface area contributed by atoms with E-state index >= 15 is 0 Å². The number of aromatic nitrogens is 2. The number of hydrogen-bond acceptors (Lipinski definition) is 5. The van der Waals surface area contributed by atoms with Gasteiger partial charge in [0.1, 0.15) is 5.69 Å². The van der Waals surface area contributed by atoms with Gasteiger partial charge in [-0.05, 0) is 0 Å². The van der Waals surface area contributed by atoms with Crippen molar-refractivity contribution in [1.29, 1.82) is 0 Å². The summed E-state index contributed by atoms with van der Waals surface area (Å²) in [6.45, 7) is 5.46. The molecule has 1 amide bonds. The van der Waals surface area contributed by atoms with E-state index in [0.717, 1.165) is 0 Å². The average molecular weight is 239 g/mol. The van der Waals surface area contributed by atoms with Crippen LogP contribution < -0.4 is 14.8 Å². The molecule has 0 saturated heterocycles. The van der Waals surface area contributed by atoms with Crippen LogP contribution in [0.25, 0.3) is 0 Å². The van der Waals surface area contributed by atoms with Gasteiger partial charge in [-0.2, -0.15) is 4.98 Å². The summed E-state index contributed by atoms with van der Waals surface area (Å²) < 4.78 is 9.92. The summed E-state index contributed by atoms with van der Waals surface area (Å²) in [5.74, 6) is 0.138. The third kappa shape index (κ3) is 3.30. The van der Waals surface area contributed by atoms with Gasteiger partial charge in [0.05, 0.1) is 20.4 Å². The third-order valence-corrected chi connectivity index (χ3v) is 2.04. The molecule has 0 aromatic carbocycles. The Morgan fingerprint density at radius 1 is 1.29 bits per heavy atom. The Balaban J connectivity index is 2.95. The van der Waals surface area contributed by atoms with E-state index in [1.54, 1.807) is 0 Å². The van der Waals surface area contributed by atoms with Gasteiger partial charge < -0.3 is 14.8 Å². The summed E-state index contributed by atoms with van der Waals surface area (Å²) in [5, 5.41) is 2.71. The number of ether oxygens (including phenoxy) is 2. The van der Waals surface area contributed by atoms with Crippen molar-refractivity contribution in [3.63, 3.8) is 0 Å². The van der Waals surface area contributed by atoms with Gasteiger partial charge in [-0.1, -0.05) is 20.8 Å². The van der Waals surface area contributed by atoms with Gasteiger partial charge in [-0.15, -0.1) is 0 Å². The second kappa shape index (κ2) is 4.99. The number of nitrogens with zero attached hydrogens (tertiary/aromatic N) is 2. The third-order valence-electron chi connectivity index (χ3n) is 2.04. The van der Waals surface area contributed by atoms with E-state index < -0.39 is 5.41 Å². The number of rotatable bonds is 3. The maximum absolute atomic E-state index is 11.8. The van der Waals surface area contributed by atoms with Gasteiger partial charge in [-0.25, -0.2) is 4.98 Å². The van der Waals surface area contributed by atoms with Crippen LogP contribution in [0.4, 0.5) is 5.69 Å². The Kier molecular flexibility index (Phi) is 3.88. The molecule has 1 N–H and O–H groups in total. The molecule has 0 fully saturated rings. The van der Waals surface area contributed by atoms with Crippen LogP contribution in [0.3, 0.4) is 0 Å². The predicted octanol–water partition coefficient (Wildman–Crippen LogP) is 1.48. The van der Waals surface area contributed by atoms with Crippen molar-refractivity contribution in [2.45, 2.75) is 20.8 Å². The lowest BCUT2D eigenvalue weighted by Gasteiger charge is -2.18. The first-order valence-corrected chi connectivity index (χ1v) is 5.15. The van der Waals surface area contributed by atoms with Crippen LogP contribution in [0.5, 0.6) is 11.9 Å². The summed E-state index contributed by atoms with van der Waals surface area (Å²) in [5.41, 5.74) is -0.0708. The molecule has 0 unspecified atom stereocenters. The summed E-state index contributed by atoms with van der Waals surface area (Å²) in [6.07, 6.45) is 1.45.